The molecule has 3 N–H and O–H groups in total. The Kier molecular flexibility index (Phi) is 4.06. The Balaban J connectivity index is 2.25. The summed E-state index contributed by atoms with van der Waals surface area (Å²) in [7, 11) is 0. The van der Waals surface area contributed by atoms with E-state index in [-0.39, 0.29) is 18.1 Å². The van der Waals surface area contributed by atoms with Gasteiger partial charge in [0.2, 0.25) is 0 Å². The maximum absolute atomic E-state index is 12.2. The largest absolute Gasteiger partial charge is 0.573 e. The number of carbonyl (C=O) groups is 1. The minimum absolute atomic E-state index is 0.181. The fraction of sp³-hybridized carbons (Fsp3) is 0.357. The molecule has 22 heavy (non-hydrogen) atoms. The number of amides is 1. The fourth-order valence-corrected chi connectivity index (χ4v) is 1.84. The molecule has 0 fully saturated rings. The van der Waals surface area contributed by atoms with Crippen LogP contribution in [0.15, 0.2) is 24.3 Å². The molecule has 1 aromatic heterocycles. The smallest absolute Gasteiger partial charge is 0.406 e. The third-order valence-corrected chi connectivity index (χ3v) is 2.92. The maximum atomic E-state index is 12.2. The summed E-state index contributed by atoms with van der Waals surface area (Å²) in [6.45, 7) is 3.04. The van der Waals surface area contributed by atoms with Gasteiger partial charge in [-0.15, -0.1) is 13.2 Å². The zero-order valence-electron chi connectivity index (χ0n) is 11.9. The standard InChI is InChI=1S/C14H15F3N2O3/c1-13(2,7-20)19-12(21)11-5-8-3-4-9(6-10(8)18-11)22-14(15,16)17/h3-6,18,20H,7H2,1-2H3,(H,19,21). The fourth-order valence-electron chi connectivity index (χ4n) is 1.84. The number of halogens is 3. The predicted octanol–water partition coefficient (Wildman–Crippen LogP) is 2.57. The second-order valence-corrected chi connectivity index (χ2v) is 5.48. The van der Waals surface area contributed by atoms with E-state index in [0.717, 1.165) is 6.07 Å². The molecule has 0 aliphatic heterocycles. The van der Waals surface area contributed by atoms with E-state index in [9.17, 15) is 18.0 Å². The van der Waals surface area contributed by atoms with Crippen molar-refractivity contribution in [3.63, 3.8) is 0 Å². The molecule has 1 aromatic carbocycles. The molecule has 120 valence electrons. The Hall–Kier alpha value is -2.22. The van der Waals surface area contributed by atoms with Crippen LogP contribution in [0, 0.1) is 0 Å². The van der Waals surface area contributed by atoms with Crippen molar-refractivity contribution < 1.29 is 27.8 Å². The lowest BCUT2D eigenvalue weighted by Crippen LogP contribution is -2.46. The minimum Gasteiger partial charge on any atom is -0.406 e. The lowest BCUT2D eigenvalue weighted by molar-refractivity contribution is -0.274. The summed E-state index contributed by atoms with van der Waals surface area (Å²) in [6, 6.07) is 5.26. The summed E-state index contributed by atoms with van der Waals surface area (Å²) in [6.07, 6.45) is -4.77. The van der Waals surface area contributed by atoms with Crippen molar-refractivity contribution in [3.8, 4) is 5.75 Å². The zero-order chi connectivity index (χ0) is 16.5. The molecule has 0 bridgehead atoms. The van der Waals surface area contributed by atoms with Crippen LogP contribution in [-0.4, -0.2) is 34.5 Å². The first kappa shape index (κ1) is 16.2. The Morgan fingerprint density at radius 3 is 2.59 bits per heavy atom. The van der Waals surface area contributed by atoms with Gasteiger partial charge in [0.05, 0.1) is 12.1 Å². The normalized spacial score (nSPS) is 12.5. The van der Waals surface area contributed by atoms with Gasteiger partial charge in [0.1, 0.15) is 11.4 Å². The lowest BCUT2D eigenvalue weighted by atomic mass is 10.1. The van der Waals surface area contributed by atoms with E-state index in [1.54, 1.807) is 13.8 Å². The number of aromatic amines is 1. The number of aromatic nitrogens is 1. The van der Waals surface area contributed by atoms with Crippen LogP contribution in [0.25, 0.3) is 10.9 Å². The summed E-state index contributed by atoms with van der Waals surface area (Å²) in [5.74, 6) is -0.835. The van der Waals surface area contributed by atoms with Gasteiger partial charge in [-0.1, -0.05) is 0 Å². The number of ether oxygens (including phenoxy) is 1. The summed E-state index contributed by atoms with van der Waals surface area (Å²) >= 11 is 0. The molecular weight excluding hydrogens is 301 g/mol. The summed E-state index contributed by atoms with van der Waals surface area (Å²) in [5.41, 5.74) is -0.284. The van der Waals surface area contributed by atoms with Crippen LogP contribution in [0.2, 0.25) is 0 Å². The van der Waals surface area contributed by atoms with E-state index in [4.69, 9.17) is 5.11 Å². The van der Waals surface area contributed by atoms with Crippen molar-refractivity contribution in [3.05, 3.63) is 30.0 Å². The quantitative estimate of drug-likeness (QED) is 0.811. The van der Waals surface area contributed by atoms with Gasteiger partial charge in [0, 0.05) is 17.0 Å². The number of aliphatic hydroxyl groups excluding tert-OH is 1. The molecule has 1 amide bonds. The number of carbonyl (C=O) groups excluding carboxylic acids is 1. The number of H-pyrrole nitrogens is 1. The van der Waals surface area contributed by atoms with Gasteiger partial charge in [0.25, 0.3) is 5.91 Å². The lowest BCUT2D eigenvalue weighted by Gasteiger charge is -2.22. The molecule has 0 unspecified atom stereocenters. The number of nitrogens with one attached hydrogen (secondary N) is 2. The van der Waals surface area contributed by atoms with E-state index in [0.29, 0.717) is 10.9 Å². The molecule has 0 aliphatic carbocycles. The Morgan fingerprint density at radius 2 is 2.00 bits per heavy atom. The van der Waals surface area contributed by atoms with Crippen LogP contribution in [0.1, 0.15) is 24.3 Å². The SMILES string of the molecule is CC(C)(CO)NC(=O)c1cc2ccc(OC(F)(F)F)cc2[nH]1. The van der Waals surface area contributed by atoms with Gasteiger partial charge in [-0.05, 0) is 32.0 Å². The number of benzene rings is 1. The first-order valence-electron chi connectivity index (χ1n) is 6.41. The Morgan fingerprint density at radius 1 is 1.32 bits per heavy atom. The highest BCUT2D eigenvalue weighted by molar-refractivity contribution is 5.98. The predicted molar refractivity (Wildman–Crippen MR) is 73.6 cm³/mol. The molecule has 0 radical (unpaired) electrons. The molecule has 8 heteroatoms. The molecule has 2 aromatic rings. The number of hydrogen-bond acceptors (Lipinski definition) is 3. The van der Waals surface area contributed by atoms with E-state index in [1.165, 1.54) is 18.2 Å². The maximum Gasteiger partial charge on any atom is 0.573 e. The van der Waals surface area contributed by atoms with Crippen molar-refractivity contribution in [1.29, 1.82) is 0 Å². The van der Waals surface area contributed by atoms with Crippen LogP contribution in [-0.2, 0) is 0 Å². The number of rotatable bonds is 4. The molecule has 0 saturated carbocycles. The van der Waals surface area contributed by atoms with Crippen LogP contribution in [0.3, 0.4) is 0 Å². The van der Waals surface area contributed by atoms with E-state index in [2.05, 4.69) is 15.0 Å². The average Bonchev–Trinajstić information content (AvgIpc) is 2.79. The van der Waals surface area contributed by atoms with Crippen LogP contribution in [0.4, 0.5) is 13.2 Å². The second kappa shape index (κ2) is 5.53. The summed E-state index contributed by atoms with van der Waals surface area (Å²) in [4.78, 5) is 14.8. The number of aliphatic hydroxyl groups is 1. The molecule has 0 spiro atoms. The monoisotopic (exact) mass is 316 g/mol. The van der Waals surface area contributed by atoms with Crippen molar-refractivity contribution in [2.24, 2.45) is 0 Å². The van der Waals surface area contributed by atoms with Crippen LogP contribution < -0.4 is 10.1 Å². The highest BCUT2D eigenvalue weighted by Crippen LogP contribution is 2.26. The van der Waals surface area contributed by atoms with Gasteiger partial charge in [-0.25, -0.2) is 0 Å². The average molecular weight is 316 g/mol. The van der Waals surface area contributed by atoms with Gasteiger partial charge >= 0.3 is 6.36 Å². The van der Waals surface area contributed by atoms with Crippen LogP contribution >= 0.6 is 0 Å². The van der Waals surface area contributed by atoms with Gasteiger partial charge < -0.3 is 20.1 Å². The molecular formula is C14H15F3N2O3. The second-order valence-electron chi connectivity index (χ2n) is 5.48. The van der Waals surface area contributed by atoms with E-state index < -0.39 is 17.8 Å². The van der Waals surface area contributed by atoms with E-state index in [1.807, 2.05) is 0 Å². The highest BCUT2D eigenvalue weighted by atomic mass is 19.4. The molecule has 0 saturated heterocycles. The van der Waals surface area contributed by atoms with Crippen molar-refractivity contribution >= 4 is 16.8 Å². The number of hydrogen-bond donors (Lipinski definition) is 3. The van der Waals surface area contributed by atoms with Crippen molar-refractivity contribution in [2.75, 3.05) is 6.61 Å². The van der Waals surface area contributed by atoms with Gasteiger partial charge in [0.15, 0.2) is 0 Å². The number of alkyl halides is 3. The summed E-state index contributed by atoms with van der Waals surface area (Å²) in [5, 5.41) is 12.3. The summed E-state index contributed by atoms with van der Waals surface area (Å²) < 4.78 is 40.4. The van der Waals surface area contributed by atoms with E-state index >= 15 is 0 Å². The third kappa shape index (κ3) is 3.91. The minimum atomic E-state index is -4.77. The van der Waals surface area contributed by atoms with Crippen molar-refractivity contribution in [2.45, 2.75) is 25.7 Å². The first-order valence-corrected chi connectivity index (χ1v) is 6.41. The zero-order valence-corrected chi connectivity index (χ0v) is 11.9. The Bertz CT molecular complexity index is 692. The molecule has 0 atom stereocenters. The number of fused-ring (bicyclic) bond motifs is 1. The molecule has 0 aliphatic rings. The third-order valence-electron chi connectivity index (χ3n) is 2.92. The van der Waals surface area contributed by atoms with Gasteiger partial charge in [-0.2, -0.15) is 0 Å². The van der Waals surface area contributed by atoms with Crippen molar-refractivity contribution in [1.82, 2.24) is 10.3 Å². The van der Waals surface area contributed by atoms with Gasteiger partial charge in [-0.3, -0.25) is 4.79 Å². The Labute approximate surface area is 124 Å². The van der Waals surface area contributed by atoms with Crippen LogP contribution in [0.5, 0.6) is 5.75 Å². The first-order chi connectivity index (χ1) is 10.1. The highest BCUT2D eigenvalue weighted by Gasteiger charge is 2.31. The molecule has 2 rings (SSSR count). The molecule has 1 heterocycles. The topological polar surface area (TPSA) is 74.3 Å². The molecule has 5 nitrogen and oxygen atoms in total.